The second-order valence-corrected chi connectivity index (χ2v) is 6.04. The summed E-state index contributed by atoms with van der Waals surface area (Å²) in [5.41, 5.74) is 2.07. The number of rotatable bonds is 8. The Kier molecular flexibility index (Phi) is 6.61. The Morgan fingerprint density at radius 1 is 1.32 bits per heavy atom. The Morgan fingerprint density at radius 2 is 2.09 bits per heavy atom. The predicted octanol–water partition coefficient (Wildman–Crippen LogP) is 2.83. The van der Waals surface area contributed by atoms with Crippen LogP contribution in [0.1, 0.15) is 18.4 Å². The van der Waals surface area contributed by atoms with Crippen molar-refractivity contribution in [2.45, 2.75) is 25.8 Å². The zero-order valence-electron chi connectivity index (χ0n) is 12.7. The molecule has 0 bridgehead atoms. The molecule has 0 fully saturated rings. The van der Waals surface area contributed by atoms with Crippen LogP contribution in [-0.2, 0) is 17.8 Å². The molecule has 0 aliphatic carbocycles. The van der Waals surface area contributed by atoms with Crippen LogP contribution in [0.4, 0.5) is 5.69 Å². The van der Waals surface area contributed by atoms with Crippen molar-refractivity contribution in [3.05, 3.63) is 46.7 Å². The molecule has 1 amide bonds. The highest BCUT2D eigenvalue weighted by atomic mass is 79.9. The van der Waals surface area contributed by atoms with Crippen LogP contribution in [0.5, 0.6) is 0 Å². The van der Waals surface area contributed by atoms with Crippen LogP contribution in [0.25, 0.3) is 0 Å². The normalized spacial score (nSPS) is 10.6. The molecule has 0 unspecified atom stereocenters. The number of aryl methyl sites for hydroxylation is 2. The molecule has 2 rings (SSSR count). The maximum Gasteiger partial charge on any atom is 0.224 e. The average Bonchev–Trinajstić information content (AvgIpc) is 2.92. The summed E-state index contributed by atoms with van der Waals surface area (Å²) >= 11 is 3.39. The lowest BCUT2D eigenvalue weighted by molar-refractivity contribution is -0.116. The number of anilines is 1. The van der Waals surface area contributed by atoms with E-state index >= 15 is 0 Å². The molecule has 5 nitrogen and oxygen atoms in total. The van der Waals surface area contributed by atoms with Crippen LogP contribution >= 0.6 is 15.9 Å². The van der Waals surface area contributed by atoms with Gasteiger partial charge in [-0.1, -0.05) is 12.1 Å². The number of carbonyl (C=O) groups excluding carboxylic acids is 1. The third kappa shape index (κ3) is 5.61. The van der Waals surface area contributed by atoms with Gasteiger partial charge in [-0.2, -0.15) is 5.10 Å². The Hall–Kier alpha value is -1.66. The molecule has 118 valence electrons. The molecule has 0 saturated heterocycles. The van der Waals surface area contributed by atoms with Gasteiger partial charge in [0.2, 0.25) is 5.91 Å². The molecule has 2 N–H and O–H groups in total. The number of benzene rings is 1. The fourth-order valence-electron chi connectivity index (χ4n) is 2.11. The van der Waals surface area contributed by atoms with Gasteiger partial charge in [0.15, 0.2) is 0 Å². The van der Waals surface area contributed by atoms with E-state index in [4.69, 9.17) is 0 Å². The zero-order chi connectivity index (χ0) is 15.8. The molecule has 0 radical (unpaired) electrons. The van der Waals surface area contributed by atoms with E-state index in [1.807, 2.05) is 42.2 Å². The standard InChI is InChI=1S/C16H21BrN4O/c1-18-9-2-3-16(22)20-15-6-4-13(5-7-15)8-10-21-12-14(17)11-19-21/h4-7,11-12,18H,2-3,8-10H2,1H3,(H,20,22). The van der Waals surface area contributed by atoms with Crippen molar-refractivity contribution >= 4 is 27.5 Å². The smallest absolute Gasteiger partial charge is 0.224 e. The molecule has 0 aliphatic rings. The lowest BCUT2D eigenvalue weighted by atomic mass is 10.1. The molecular weight excluding hydrogens is 344 g/mol. The highest BCUT2D eigenvalue weighted by Crippen LogP contribution is 2.12. The minimum Gasteiger partial charge on any atom is -0.326 e. The molecule has 1 aromatic carbocycles. The Morgan fingerprint density at radius 3 is 2.73 bits per heavy atom. The maximum absolute atomic E-state index is 11.7. The number of hydrogen-bond donors (Lipinski definition) is 2. The first-order valence-corrected chi connectivity index (χ1v) is 8.18. The SMILES string of the molecule is CNCCCC(=O)Nc1ccc(CCn2cc(Br)cn2)cc1. The summed E-state index contributed by atoms with van der Waals surface area (Å²) in [6, 6.07) is 7.98. The van der Waals surface area contributed by atoms with E-state index in [0.29, 0.717) is 6.42 Å². The molecule has 0 spiro atoms. The second kappa shape index (κ2) is 8.70. The quantitative estimate of drug-likeness (QED) is 0.708. The van der Waals surface area contributed by atoms with E-state index in [0.717, 1.165) is 36.1 Å². The summed E-state index contributed by atoms with van der Waals surface area (Å²) in [6.07, 6.45) is 6.04. The number of carbonyl (C=O) groups is 1. The van der Waals surface area contributed by atoms with E-state index in [1.165, 1.54) is 5.56 Å². The second-order valence-electron chi connectivity index (χ2n) is 5.12. The average molecular weight is 365 g/mol. The molecular formula is C16H21BrN4O. The largest absolute Gasteiger partial charge is 0.326 e. The predicted molar refractivity (Wildman–Crippen MR) is 91.9 cm³/mol. The molecule has 2 aromatic rings. The van der Waals surface area contributed by atoms with Crippen molar-refractivity contribution in [2.75, 3.05) is 18.9 Å². The first kappa shape index (κ1) is 16.7. The molecule has 1 aromatic heterocycles. The maximum atomic E-state index is 11.7. The first-order chi connectivity index (χ1) is 10.7. The van der Waals surface area contributed by atoms with Gasteiger partial charge in [0.1, 0.15) is 0 Å². The van der Waals surface area contributed by atoms with Crippen LogP contribution in [0, 0.1) is 0 Å². The van der Waals surface area contributed by atoms with Crippen molar-refractivity contribution in [2.24, 2.45) is 0 Å². The first-order valence-electron chi connectivity index (χ1n) is 7.39. The summed E-state index contributed by atoms with van der Waals surface area (Å²) in [6.45, 7) is 1.69. The molecule has 6 heteroatoms. The van der Waals surface area contributed by atoms with E-state index in [-0.39, 0.29) is 5.91 Å². The third-order valence-corrected chi connectivity index (χ3v) is 3.71. The Bertz CT molecular complexity index is 594. The van der Waals surface area contributed by atoms with Crippen molar-refractivity contribution in [3.63, 3.8) is 0 Å². The molecule has 0 atom stereocenters. The van der Waals surface area contributed by atoms with Crippen molar-refractivity contribution in [1.82, 2.24) is 15.1 Å². The van der Waals surface area contributed by atoms with Crippen molar-refractivity contribution < 1.29 is 4.79 Å². The topological polar surface area (TPSA) is 59.0 Å². The summed E-state index contributed by atoms with van der Waals surface area (Å²) in [5, 5.41) is 10.2. The van der Waals surface area contributed by atoms with Gasteiger partial charge in [0.25, 0.3) is 0 Å². The van der Waals surface area contributed by atoms with Gasteiger partial charge < -0.3 is 10.6 Å². The molecule has 0 saturated carbocycles. The van der Waals surface area contributed by atoms with Gasteiger partial charge in [0.05, 0.1) is 10.7 Å². The van der Waals surface area contributed by atoms with Crippen LogP contribution in [0.3, 0.4) is 0 Å². The lowest BCUT2D eigenvalue weighted by Crippen LogP contribution is -2.15. The lowest BCUT2D eigenvalue weighted by Gasteiger charge is -2.07. The summed E-state index contributed by atoms with van der Waals surface area (Å²) in [7, 11) is 1.89. The monoisotopic (exact) mass is 364 g/mol. The van der Waals surface area contributed by atoms with Gasteiger partial charge >= 0.3 is 0 Å². The van der Waals surface area contributed by atoms with Crippen LogP contribution in [0.15, 0.2) is 41.1 Å². The Labute approximate surface area is 139 Å². The Balaban J connectivity index is 1.78. The van der Waals surface area contributed by atoms with Gasteiger partial charge in [-0.15, -0.1) is 0 Å². The van der Waals surface area contributed by atoms with Crippen molar-refractivity contribution in [1.29, 1.82) is 0 Å². The fourth-order valence-corrected chi connectivity index (χ4v) is 2.44. The van der Waals surface area contributed by atoms with E-state index in [9.17, 15) is 4.79 Å². The van der Waals surface area contributed by atoms with Gasteiger partial charge in [-0.05, 0) is 60.1 Å². The number of nitrogens with one attached hydrogen (secondary N) is 2. The van der Waals surface area contributed by atoms with E-state index in [1.54, 1.807) is 6.20 Å². The highest BCUT2D eigenvalue weighted by molar-refractivity contribution is 9.10. The van der Waals surface area contributed by atoms with Crippen LogP contribution in [-0.4, -0.2) is 29.3 Å². The molecule has 0 aliphatic heterocycles. The van der Waals surface area contributed by atoms with E-state index in [2.05, 4.69) is 31.7 Å². The minimum absolute atomic E-state index is 0.0596. The minimum atomic E-state index is 0.0596. The van der Waals surface area contributed by atoms with Gasteiger partial charge in [0, 0.05) is 24.8 Å². The zero-order valence-corrected chi connectivity index (χ0v) is 14.3. The third-order valence-electron chi connectivity index (χ3n) is 3.30. The number of amides is 1. The van der Waals surface area contributed by atoms with Crippen LogP contribution < -0.4 is 10.6 Å². The van der Waals surface area contributed by atoms with Crippen molar-refractivity contribution in [3.8, 4) is 0 Å². The summed E-state index contributed by atoms with van der Waals surface area (Å²) in [5.74, 6) is 0.0596. The molecule has 22 heavy (non-hydrogen) atoms. The highest BCUT2D eigenvalue weighted by Gasteiger charge is 2.02. The number of aromatic nitrogens is 2. The van der Waals surface area contributed by atoms with Gasteiger partial charge in [-0.3, -0.25) is 9.48 Å². The summed E-state index contributed by atoms with van der Waals surface area (Å²) in [4.78, 5) is 11.7. The summed E-state index contributed by atoms with van der Waals surface area (Å²) < 4.78 is 2.89. The van der Waals surface area contributed by atoms with Gasteiger partial charge in [-0.25, -0.2) is 0 Å². The van der Waals surface area contributed by atoms with Crippen LogP contribution in [0.2, 0.25) is 0 Å². The number of hydrogen-bond acceptors (Lipinski definition) is 3. The van der Waals surface area contributed by atoms with E-state index < -0.39 is 0 Å². The molecule has 1 heterocycles. The number of nitrogens with zero attached hydrogens (tertiary/aromatic N) is 2. The number of halogens is 1. The fraction of sp³-hybridized carbons (Fsp3) is 0.375.